The molecule has 0 saturated heterocycles. The molecule has 92 valence electrons. The predicted molar refractivity (Wildman–Crippen MR) is 63.3 cm³/mol. The molecule has 1 heterocycles. The number of carboxylic acids is 1. The van der Waals surface area contributed by atoms with E-state index in [9.17, 15) is 9.90 Å². The van der Waals surface area contributed by atoms with Crippen molar-refractivity contribution in [3.8, 4) is 0 Å². The van der Waals surface area contributed by atoms with Crippen LogP contribution in [0.25, 0.3) is 0 Å². The number of nitrogens with one attached hydrogen (secondary N) is 1. The van der Waals surface area contributed by atoms with E-state index in [1.807, 2.05) is 6.92 Å². The smallest absolute Gasteiger partial charge is 0.339 e. The standard InChI is InChI=1S/C12H16N2O3/c1-6-3-7(2)13-11(10(6)12(16)17)14-8-4-9(15)5-8/h3,8-9,15H,4-5H2,1-2H3,(H,13,14)(H,16,17). The second kappa shape index (κ2) is 4.33. The van der Waals surface area contributed by atoms with Gasteiger partial charge in [-0.15, -0.1) is 0 Å². The lowest BCUT2D eigenvalue weighted by atomic mass is 9.89. The highest BCUT2D eigenvalue weighted by atomic mass is 16.4. The van der Waals surface area contributed by atoms with Gasteiger partial charge in [0.2, 0.25) is 0 Å². The minimum absolute atomic E-state index is 0.122. The van der Waals surface area contributed by atoms with Gasteiger partial charge in [0.15, 0.2) is 0 Å². The molecule has 1 fully saturated rings. The van der Waals surface area contributed by atoms with Crippen molar-refractivity contribution in [2.75, 3.05) is 5.32 Å². The minimum atomic E-state index is -0.975. The first kappa shape index (κ1) is 11.9. The average molecular weight is 236 g/mol. The number of aliphatic hydroxyl groups excluding tert-OH is 1. The van der Waals surface area contributed by atoms with E-state index in [-0.39, 0.29) is 17.7 Å². The summed E-state index contributed by atoms with van der Waals surface area (Å²) in [6, 6.07) is 1.88. The molecule has 3 N–H and O–H groups in total. The van der Waals surface area contributed by atoms with Crippen LogP contribution in [-0.4, -0.2) is 33.3 Å². The van der Waals surface area contributed by atoms with Gasteiger partial charge in [-0.25, -0.2) is 9.78 Å². The predicted octanol–water partition coefficient (Wildman–Crippen LogP) is 1.33. The van der Waals surface area contributed by atoms with E-state index in [0.717, 1.165) is 5.69 Å². The van der Waals surface area contributed by atoms with Gasteiger partial charge in [-0.3, -0.25) is 0 Å². The van der Waals surface area contributed by atoms with Gasteiger partial charge in [0, 0.05) is 11.7 Å². The Morgan fingerprint density at radius 1 is 1.47 bits per heavy atom. The normalized spacial score (nSPS) is 23.0. The van der Waals surface area contributed by atoms with E-state index >= 15 is 0 Å². The fourth-order valence-electron chi connectivity index (χ4n) is 2.11. The van der Waals surface area contributed by atoms with Crippen molar-refractivity contribution < 1.29 is 15.0 Å². The molecular weight excluding hydrogens is 220 g/mol. The molecule has 5 heteroatoms. The summed E-state index contributed by atoms with van der Waals surface area (Å²) in [5.41, 5.74) is 1.71. The number of hydrogen-bond donors (Lipinski definition) is 3. The van der Waals surface area contributed by atoms with Gasteiger partial charge >= 0.3 is 5.97 Å². The van der Waals surface area contributed by atoms with Crippen molar-refractivity contribution in [3.05, 3.63) is 22.9 Å². The number of rotatable bonds is 3. The summed E-state index contributed by atoms with van der Waals surface area (Å²) < 4.78 is 0. The second-order valence-electron chi connectivity index (χ2n) is 4.58. The summed E-state index contributed by atoms with van der Waals surface area (Å²) in [6.45, 7) is 3.60. The third kappa shape index (κ3) is 2.39. The monoisotopic (exact) mass is 236 g/mol. The van der Waals surface area contributed by atoms with Gasteiger partial charge in [-0.1, -0.05) is 0 Å². The topological polar surface area (TPSA) is 82.5 Å². The quantitative estimate of drug-likeness (QED) is 0.737. The zero-order valence-corrected chi connectivity index (χ0v) is 9.90. The van der Waals surface area contributed by atoms with E-state index in [1.165, 1.54) is 0 Å². The molecule has 2 rings (SSSR count). The lowest BCUT2D eigenvalue weighted by Gasteiger charge is -2.32. The van der Waals surface area contributed by atoms with E-state index in [4.69, 9.17) is 5.11 Å². The molecule has 5 nitrogen and oxygen atoms in total. The van der Waals surface area contributed by atoms with Crippen LogP contribution in [-0.2, 0) is 0 Å². The van der Waals surface area contributed by atoms with Gasteiger partial charge in [-0.2, -0.15) is 0 Å². The van der Waals surface area contributed by atoms with E-state index in [0.29, 0.717) is 24.2 Å². The van der Waals surface area contributed by atoms with Gasteiger partial charge in [0.25, 0.3) is 0 Å². The van der Waals surface area contributed by atoms with Crippen LogP contribution in [0, 0.1) is 13.8 Å². The van der Waals surface area contributed by atoms with Gasteiger partial charge in [-0.05, 0) is 38.3 Å². The molecule has 0 amide bonds. The van der Waals surface area contributed by atoms with Crippen molar-refractivity contribution in [1.82, 2.24) is 4.98 Å². The first-order chi connectivity index (χ1) is 7.97. The Morgan fingerprint density at radius 3 is 2.65 bits per heavy atom. The summed E-state index contributed by atoms with van der Waals surface area (Å²) in [5, 5.41) is 21.5. The molecule has 1 aliphatic carbocycles. The maximum absolute atomic E-state index is 11.2. The molecule has 0 aromatic carbocycles. The molecule has 0 aliphatic heterocycles. The Bertz CT molecular complexity index is 453. The second-order valence-corrected chi connectivity index (χ2v) is 4.58. The van der Waals surface area contributed by atoms with Crippen LogP contribution in [0.3, 0.4) is 0 Å². The highest BCUT2D eigenvalue weighted by molar-refractivity contribution is 5.94. The summed E-state index contributed by atoms with van der Waals surface area (Å²) in [7, 11) is 0. The first-order valence-electron chi connectivity index (χ1n) is 5.63. The SMILES string of the molecule is Cc1cc(C)c(C(=O)O)c(NC2CC(O)C2)n1. The molecule has 1 aliphatic rings. The summed E-state index contributed by atoms with van der Waals surface area (Å²) in [6.07, 6.45) is 1.02. The molecule has 0 spiro atoms. The zero-order chi connectivity index (χ0) is 12.6. The molecule has 0 bridgehead atoms. The number of aryl methyl sites for hydroxylation is 2. The Balaban J connectivity index is 2.27. The largest absolute Gasteiger partial charge is 0.478 e. The number of anilines is 1. The Labute approximate surface area is 99.5 Å². The molecule has 1 saturated carbocycles. The lowest BCUT2D eigenvalue weighted by molar-refractivity contribution is 0.0696. The Morgan fingerprint density at radius 2 is 2.12 bits per heavy atom. The van der Waals surface area contributed by atoms with Crippen molar-refractivity contribution in [2.24, 2.45) is 0 Å². The number of carboxylic acid groups (broad SMARTS) is 1. The molecule has 1 aromatic rings. The molecular formula is C12H16N2O3. The van der Waals surface area contributed by atoms with Crippen molar-refractivity contribution in [2.45, 2.75) is 38.8 Å². The van der Waals surface area contributed by atoms with Crippen LogP contribution in [0.1, 0.15) is 34.5 Å². The number of pyridine rings is 1. The third-order valence-electron chi connectivity index (χ3n) is 3.01. The summed E-state index contributed by atoms with van der Waals surface area (Å²) >= 11 is 0. The fraction of sp³-hybridized carbons (Fsp3) is 0.500. The number of aliphatic hydroxyl groups is 1. The van der Waals surface area contributed by atoms with E-state index < -0.39 is 5.97 Å². The average Bonchev–Trinajstić information content (AvgIpc) is 2.13. The number of hydrogen-bond acceptors (Lipinski definition) is 4. The fourth-order valence-corrected chi connectivity index (χ4v) is 2.11. The van der Waals surface area contributed by atoms with Crippen LogP contribution in [0.4, 0.5) is 5.82 Å². The molecule has 0 radical (unpaired) electrons. The molecule has 0 unspecified atom stereocenters. The molecule has 1 aromatic heterocycles. The van der Waals surface area contributed by atoms with E-state index in [2.05, 4.69) is 10.3 Å². The number of aromatic nitrogens is 1. The van der Waals surface area contributed by atoms with Crippen molar-refractivity contribution >= 4 is 11.8 Å². The molecule has 0 atom stereocenters. The summed E-state index contributed by atoms with van der Waals surface area (Å²) in [5.74, 6) is -0.565. The zero-order valence-electron chi connectivity index (χ0n) is 9.90. The van der Waals surface area contributed by atoms with Crippen LogP contribution in [0.15, 0.2) is 6.07 Å². The Kier molecular flexibility index (Phi) is 3.02. The highest BCUT2D eigenvalue weighted by Gasteiger charge is 2.29. The first-order valence-corrected chi connectivity index (χ1v) is 5.63. The third-order valence-corrected chi connectivity index (χ3v) is 3.01. The maximum Gasteiger partial charge on any atom is 0.339 e. The lowest BCUT2D eigenvalue weighted by Crippen LogP contribution is -2.39. The summed E-state index contributed by atoms with van der Waals surface area (Å²) in [4.78, 5) is 15.4. The van der Waals surface area contributed by atoms with Gasteiger partial charge < -0.3 is 15.5 Å². The van der Waals surface area contributed by atoms with Gasteiger partial charge in [0.05, 0.1) is 6.10 Å². The van der Waals surface area contributed by atoms with Crippen LogP contribution >= 0.6 is 0 Å². The number of nitrogens with zero attached hydrogens (tertiary/aromatic N) is 1. The molecule has 17 heavy (non-hydrogen) atoms. The number of carbonyl (C=O) groups is 1. The van der Waals surface area contributed by atoms with Crippen LogP contribution in [0.5, 0.6) is 0 Å². The number of aromatic carboxylic acids is 1. The van der Waals surface area contributed by atoms with Crippen molar-refractivity contribution in [1.29, 1.82) is 0 Å². The van der Waals surface area contributed by atoms with Crippen LogP contribution < -0.4 is 5.32 Å². The van der Waals surface area contributed by atoms with E-state index in [1.54, 1.807) is 13.0 Å². The minimum Gasteiger partial charge on any atom is -0.478 e. The Hall–Kier alpha value is -1.62. The van der Waals surface area contributed by atoms with Crippen LogP contribution in [0.2, 0.25) is 0 Å². The highest BCUT2D eigenvalue weighted by Crippen LogP contribution is 2.26. The van der Waals surface area contributed by atoms with Crippen molar-refractivity contribution in [3.63, 3.8) is 0 Å². The maximum atomic E-state index is 11.2. The van der Waals surface area contributed by atoms with Gasteiger partial charge in [0.1, 0.15) is 11.4 Å².